The third kappa shape index (κ3) is 31.3. The number of cyclic esters (lactones) is 1. The van der Waals surface area contributed by atoms with E-state index in [1.807, 2.05) is 13.8 Å². The number of aliphatic carboxylic acids is 2. The number of carboxylic acid groups (broad SMARTS) is 2. The first-order valence-corrected chi connectivity index (χ1v) is 38.4. The second-order valence-corrected chi connectivity index (χ2v) is 30.8. The third-order valence-electron chi connectivity index (χ3n) is 20.8. The van der Waals surface area contributed by atoms with Crippen LogP contribution in [-0.2, 0) is 86.2 Å². The lowest BCUT2D eigenvalue weighted by atomic mass is 9.85. The maximum absolute atomic E-state index is 15.5. The number of carbonyl (C=O) groups is 16. The number of carbonyl (C=O) groups excluding carboxylic acids is 14. The summed E-state index contributed by atoms with van der Waals surface area (Å²) in [7, 11) is 2.45. The van der Waals surface area contributed by atoms with E-state index in [9.17, 15) is 93.0 Å². The number of primary amides is 2. The number of hydrogen-bond donors (Lipinski definition) is 19. The number of piperidine rings is 1. The minimum Gasteiger partial charge on any atom is -0.481 e. The van der Waals surface area contributed by atoms with Crippen molar-refractivity contribution in [3.63, 3.8) is 0 Å². The van der Waals surface area contributed by atoms with Gasteiger partial charge in [0.15, 0.2) is 6.10 Å². The molecule has 21 unspecified atom stereocenters. The summed E-state index contributed by atoms with van der Waals surface area (Å²) in [5, 5.41) is 87.8. The molecule has 0 saturated carbocycles. The van der Waals surface area contributed by atoms with Gasteiger partial charge in [-0.1, -0.05) is 76.2 Å². The minimum absolute atomic E-state index is 0.0133. The molecule has 638 valence electrons. The number of nitrogens with one attached hydrogen (secondary N) is 9. The Morgan fingerprint density at radius 3 is 1.78 bits per heavy atom. The average Bonchev–Trinajstić information content (AvgIpc) is 0.802. The van der Waals surface area contributed by atoms with Crippen LogP contribution in [-0.4, -0.2) is 273 Å². The summed E-state index contributed by atoms with van der Waals surface area (Å²) in [4.78, 5) is 229. The molecule has 0 bridgehead atoms. The Labute approximate surface area is 653 Å². The zero-order valence-electron chi connectivity index (χ0n) is 67.0. The maximum atomic E-state index is 15.5. The minimum atomic E-state index is -2.73. The molecule has 39 heteroatoms. The molecular weight excluding hydrogens is 1470 g/mol. The van der Waals surface area contributed by atoms with Crippen LogP contribution in [0.25, 0.3) is 0 Å². The van der Waals surface area contributed by atoms with Crippen LogP contribution >= 0.6 is 0 Å². The lowest BCUT2D eigenvalue weighted by molar-refractivity contribution is -0.168. The predicted molar refractivity (Wildman–Crippen MR) is 402 cm³/mol. The molecule has 2 aliphatic rings. The topological polar surface area (TPSA) is 632 Å². The number of amides is 13. The number of aliphatic hydroxyl groups excluding tert-OH is 4. The van der Waals surface area contributed by atoms with E-state index >= 15 is 14.4 Å². The van der Waals surface area contributed by atoms with Crippen molar-refractivity contribution in [2.45, 2.75) is 276 Å². The summed E-state index contributed by atoms with van der Waals surface area (Å²) in [5.74, 6) is -25.4. The van der Waals surface area contributed by atoms with Gasteiger partial charge in [-0.05, 0) is 126 Å². The van der Waals surface area contributed by atoms with Gasteiger partial charge in [-0.25, -0.2) is 4.79 Å². The first kappa shape index (κ1) is 99.3. The van der Waals surface area contributed by atoms with Gasteiger partial charge in [0.25, 0.3) is 5.91 Å². The van der Waals surface area contributed by atoms with Crippen molar-refractivity contribution < 1.29 is 117 Å². The number of fused-ring (bicyclic) bond motifs is 1. The Kier molecular flexibility index (Phi) is 42.9. The molecule has 0 spiro atoms. The molecule has 112 heavy (non-hydrogen) atoms. The number of aliphatic hydroxyl groups is 4. The molecule has 2 aliphatic heterocycles. The molecule has 0 aromatic carbocycles. The van der Waals surface area contributed by atoms with Crippen molar-refractivity contribution in [2.24, 2.45) is 70.3 Å². The molecular formula is C73H127N15O24. The van der Waals surface area contributed by atoms with Crippen LogP contribution in [0.4, 0.5) is 0 Å². The normalized spacial score (nSPS) is 24.4. The highest BCUT2D eigenvalue weighted by molar-refractivity contribution is 5.99. The van der Waals surface area contributed by atoms with E-state index < -0.39 is 254 Å². The zero-order chi connectivity index (χ0) is 85.5. The molecule has 2 heterocycles. The van der Waals surface area contributed by atoms with Gasteiger partial charge >= 0.3 is 17.9 Å². The van der Waals surface area contributed by atoms with Gasteiger partial charge < -0.3 is 121 Å². The Morgan fingerprint density at radius 2 is 1.23 bits per heavy atom. The fourth-order valence-corrected chi connectivity index (χ4v) is 13.2. The quantitative estimate of drug-likeness (QED) is 0.0259. The number of esters is 1. The monoisotopic (exact) mass is 1600 g/mol. The van der Waals surface area contributed by atoms with Crippen molar-refractivity contribution in [1.82, 2.24) is 57.7 Å². The van der Waals surface area contributed by atoms with Crippen molar-refractivity contribution in [1.29, 1.82) is 0 Å². The highest BCUT2D eigenvalue weighted by Gasteiger charge is 2.48. The van der Waals surface area contributed by atoms with E-state index in [0.717, 1.165) is 9.80 Å². The summed E-state index contributed by atoms with van der Waals surface area (Å²) in [6, 6.07) is -19.6. The second-order valence-electron chi connectivity index (χ2n) is 30.8. The first-order chi connectivity index (χ1) is 52.3. The molecule has 0 aromatic heterocycles. The SMILES string of the molecule is COC(C)C1NC(=O)CC(CCC(N)=O)N(C)C(=O)C(CC(C)C)NC(=O)C(CCCN)NC(=O)C(CO)NC(=O)C(NC(=O)C(NC(=O)C(O)C(O)C(CCC(=O)O)NC(=O)C(CCCN)NC(=O)C(C)C(O)C(C)CC(C)C)C(C)C(C)C(N)=O)C(C(C)C(C)C)OC(=O)C2CCCCN2C(=O)C(CC(=O)O)NC1=O. The molecule has 0 aromatic rings. The number of likely N-dealkylation sites (N-methyl/N-ethyl adjacent to an activating group) is 1. The first-order valence-electron chi connectivity index (χ1n) is 38.4. The Bertz CT molecular complexity index is 3200. The largest absolute Gasteiger partial charge is 0.481 e. The van der Waals surface area contributed by atoms with Gasteiger partial charge in [-0.2, -0.15) is 0 Å². The number of rotatable bonds is 38. The van der Waals surface area contributed by atoms with Crippen LogP contribution in [0.5, 0.6) is 0 Å². The Morgan fingerprint density at radius 1 is 0.634 bits per heavy atom. The highest BCUT2D eigenvalue weighted by Crippen LogP contribution is 2.28. The van der Waals surface area contributed by atoms with Crippen LogP contribution in [0, 0.1) is 47.3 Å². The molecule has 21 atom stereocenters. The van der Waals surface area contributed by atoms with E-state index in [1.54, 1.807) is 34.6 Å². The number of carboxylic acids is 2. The van der Waals surface area contributed by atoms with E-state index in [1.165, 1.54) is 48.8 Å². The lowest BCUT2D eigenvalue weighted by Gasteiger charge is -2.39. The Balaban J connectivity index is 3.13. The standard InChI is InChI=1S/C73H127N15O24/c1-34(2)29-37(7)58(96)41(11)63(100)79-45(19-17-26-74)64(101)78-44(23-25-53(92)93)59(97)60(98)70(107)85-55(39(9)40(10)62(77)99)67(104)86-57-61(38(8)36(5)6)112-73(110)50-21-15-16-28-88(50)72(109)48(32-54(94)95)82-68(105)56(42(12)111-14)84-52(91)31-43(22-24-51(76)90)87(13)71(108)47(30-35(3)4)81-65(102)46(20-18-27-75)80-66(103)49(33-89)83-69(57)106/h34-50,55-61,89,96-98H,15-33,74-75H2,1-14H3,(H2,76,90)(H2,77,99)(H,78,101)(H,79,100)(H,80,103)(H,81,102)(H,82,105)(H,83,106)(H,84,91)(H,85,107)(H,86,104)(H,92,93)(H,94,95). The van der Waals surface area contributed by atoms with Crippen molar-refractivity contribution in [3.8, 4) is 0 Å². The highest BCUT2D eigenvalue weighted by atomic mass is 16.5. The molecule has 0 radical (unpaired) electrons. The van der Waals surface area contributed by atoms with Gasteiger partial charge in [0.05, 0.1) is 37.2 Å². The average molecular weight is 1600 g/mol. The second kappa shape index (κ2) is 48.3. The third-order valence-corrected chi connectivity index (χ3v) is 20.8. The molecule has 0 aliphatic carbocycles. The van der Waals surface area contributed by atoms with E-state index in [0.29, 0.717) is 6.42 Å². The van der Waals surface area contributed by atoms with Crippen LogP contribution in [0.2, 0.25) is 0 Å². The van der Waals surface area contributed by atoms with Gasteiger partial charge in [0.1, 0.15) is 66.6 Å². The molecule has 39 nitrogen and oxygen atoms in total. The summed E-state index contributed by atoms with van der Waals surface area (Å²) < 4.78 is 11.7. The fourth-order valence-electron chi connectivity index (χ4n) is 13.2. The summed E-state index contributed by atoms with van der Waals surface area (Å²) >= 11 is 0. The molecule has 2 rings (SSSR count). The summed E-state index contributed by atoms with van der Waals surface area (Å²) in [6.45, 7) is 17.3. The number of methoxy groups -OCH3 is 1. The maximum Gasteiger partial charge on any atom is 0.329 e. The summed E-state index contributed by atoms with van der Waals surface area (Å²) in [6.07, 6.45) is -13.1. The van der Waals surface area contributed by atoms with E-state index in [4.69, 9.17) is 32.4 Å². The number of nitrogens with two attached hydrogens (primary N) is 4. The van der Waals surface area contributed by atoms with Crippen LogP contribution in [0.1, 0.15) is 179 Å². The Hall–Kier alpha value is -8.76. The van der Waals surface area contributed by atoms with E-state index in [-0.39, 0.29) is 102 Å². The smallest absolute Gasteiger partial charge is 0.329 e. The van der Waals surface area contributed by atoms with Crippen LogP contribution < -0.4 is 70.8 Å². The van der Waals surface area contributed by atoms with Crippen molar-refractivity contribution in [3.05, 3.63) is 0 Å². The van der Waals surface area contributed by atoms with E-state index in [2.05, 4.69) is 47.9 Å². The molecule has 13 amide bonds. The number of hydrogen-bond acceptors (Lipinski definition) is 24. The number of nitrogens with zero attached hydrogens (tertiary/aromatic N) is 2. The molecule has 23 N–H and O–H groups in total. The van der Waals surface area contributed by atoms with Gasteiger partial charge in [0, 0.05) is 51.9 Å². The summed E-state index contributed by atoms with van der Waals surface area (Å²) in [5.41, 5.74) is 23.0. The van der Waals surface area contributed by atoms with Crippen LogP contribution in [0.15, 0.2) is 0 Å². The van der Waals surface area contributed by atoms with Gasteiger partial charge in [0.2, 0.25) is 70.9 Å². The lowest BCUT2D eigenvalue weighted by Crippen LogP contribution is -2.65. The van der Waals surface area contributed by atoms with Gasteiger partial charge in [-0.3, -0.25) is 71.9 Å². The molecule has 2 saturated heterocycles. The fraction of sp³-hybridized carbons (Fsp3) is 0.781. The number of ether oxygens (including phenoxy) is 2. The van der Waals surface area contributed by atoms with Crippen molar-refractivity contribution >= 4 is 94.7 Å². The van der Waals surface area contributed by atoms with Gasteiger partial charge in [-0.15, -0.1) is 0 Å². The molecule has 2 fully saturated rings. The zero-order valence-corrected chi connectivity index (χ0v) is 67.0. The predicted octanol–water partition coefficient (Wildman–Crippen LogP) is -4.52. The van der Waals surface area contributed by atoms with Crippen LogP contribution in [0.3, 0.4) is 0 Å². The van der Waals surface area contributed by atoms with Crippen molar-refractivity contribution in [2.75, 3.05) is 40.4 Å².